The summed E-state index contributed by atoms with van der Waals surface area (Å²) in [6.07, 6.45) is -0.571. The SMILES string of the molecule is CC1CCCC(NC(=O)Nc2ccccc2C(F)(F)F)C1. The van der Waals surface area contributed by atoms with E-state index in [-0.39, 0.29) is 11.7 Å². The maximum Gasteiger partial charge on any atom is 0.418 e. The number of nitrogens with one attached hydrogen (secondary N) is 2. The maximum absolute atomic E-state index is 12.8. The smallest absolute Gasteiger partial charge is 0.335 e. The number of hydrogen-bond donors (Lipinski definition) is 2. The van der Waals surface area contributed by atoms with Crippen molar-refractivity contribution < 1.29 is 18.0 Å². The first-order chi connectivity index (χ1) is 9.86. The van der Waals surface area contributed by atoms with Crippen LogP contribution in [0.4, 0.5) is 23.7 Å². The second kappa shape index (κ2) is 6.37. The van der Waals surface area contributed by atoms with E-state index in [0.717, 1.165) is 31.7 Å². The molecular formula is C15H19F3N2O. The molecule has 3 nitrogen and oxygen atoms in total. The first-order valence-corrected chi connectivity index (χ1v) is 7.10. The molecule has 0 saturated heterocycles. The molecule has 1 saturated carbocycles. The van der Waals surface area contributed by atoms with Crippen molar-refractivity contribution in [3.63, 3.8) is 0 Å². The number of halogens is 3. The molecule has 0 spiro atoms. The summed E-state index contributed by atoms with van der Waals surface area (Å²) in [6.45, 7) is 2.12. The Labute approximate surface area is 121 Å². The van der Waals surface area contributed by atoms with Gasteiger partial charge in [-0.3, -0.25) is 0 Å². The van der Waals surface area contributed by atoms with Crippen LogP contribution < -0.4 is 10.6 Å². The van der Waals surface area contributed by atoms with E-state index in [1.54, 1.807) is 0 Å². The molecule has 0 bridgehead atoms. The topological polar surface area (TPSA) is 41.1 Å². The quantitative estimate of drug-likeness (QED) is 0.834. The Morgan fingerprint density at radius 2 is 1.95 bits per heavy atom. The van der Waals surface area contributed by atoms with Crippen molar-refractivity contribution in [1.29, 1.82) is 0 Å². The highest BCUT2D eigenvalue weighted by molar-refractivity contribution is 5.90. The predicted octanol–water partition coefficient (Wildman–Crippen LogP) is 4.41. The Hall–Kier alpha value is -1.72. The predicted molar refractivity (Wildman–Crippen MR) is 75.0 cm³/mol. The van der Waals surface area contributed by atoms with Crippen LogP contribution in [0, 0.1) is 5.92 Å². The summed E-state index contributed by atoms with van der Waals surface area (Å²) >= 11 is 0. The van der Waals surface area contributed by atoms with Crippen LogP contribution >= 0.6 is 0 Å². The number of carbonyl (C=O) groups is 1. The van der Waals surface area contributed by atoms with E-state index >= 15 is 0 Å². The first kappa shape index (κ1) is 15.7. The fourth-order valence-corrected chi connectivity index (χ4v) is 2.75. The van der Waals surface area contributed by atoms with E-state index in [1.165, 1.54) is 18.2 Å². The molecule has 0 aliphatic heterocycles. The Morgan fingerprint density at radius 1 is 1.24 bits per heavy atom. The normalized spacial score (nSPS) is 22.7. The van der Waals surface area contributed by atoms with Crippen LogP contribution in [0.5, 0.6) is 0 Å². The summed E-state index contributed by atoms with van der Waals surface area (Å²) in [6, 6.07) is 4.43. The lowest BCUT2D eigenvalue weighted by Crippen LogP contribution is -2.40. The number of para-hydroxylation sites is 1. The third kappa shape index (κ3) is 4.37. The van der Waals surface area contributed by atoms with Crippen molar-refractivity contribution in [3.8, 4) is 0 Å². The third-order valence-electron chi connectivity index (χ3n) is 3.75. The molecular weight excluding hydrogens is 281 g/mol. The van der Waals surface area contributed by atoms with Gasteiger partial charge in [0.2, 0.25) is 0 Å². The number of rotatable bonds is 2. The molecule has 1 fully saturated rings. The summed E-state index contributed by atoms with van der Waals surface area (Å²) in [7, 11) is 0. The van der Waals surface area contributed by atoms with E-state index in [9.17, 15) is 18.0 Å². The highest BCUT2D eigenvalue weighted by atomic mass is 19.4. The van der Waals surface area contributed by atoms with Crippen LogP contribution in [0.2, 0.25) is 0 Å². The second-order valence-corrected chi connectivity index (χ2v) is 5.61. The minimum absolute atomic E-state index is 0.0341. The van der Waals surface area contributed by atoms with Gasteiger partial charge in [0.05, 0.1) is 11.3 Å². The number of anilines is 1. The minimum atomic E-state index is -4.48. The van der Waals surface area contributed by atoms with Crippen LogP contribution in [0.1, 0.15) is 38.2 Å². The molecule has 6 heteroatoms. The molecule has 116 valence electrons. The van der Waals surface area contributed by atoms with Gasteiger partial charge in [0, 0.05) is 6.04 Å². The van der Waals surface area contributed by atoms with Gasteiger partial charge in [-0.2, -0.15) is 13.2 Å². The van der Waals surface area contributed by atoms with Gasteiger partial charge in [0.25, 0.3) is 0 Å². The molecule has 2 unspecified atom stereocenters. The second-order valence-electron chi connectivity index (χ2n) is 5.61. The van der Waals surface area contributed by atoms with Crippen LogP contribution in [0.25, 0.3) is 0 Å². The van der Waals surface area contributed by atoms with E-state index in [4.69, 9.17) is 0 Å². The molecule has 2 atom stereocenters. The van der Waals surface area contributed by atoms with Gasteiger partial charge in [-0.15, -0.1) is 0 Å². The molecule has 0 radical (unpaired) electrons. The zero-order valence-corrected chi connectivity index (χ0v) is 11.8. The summed E-state index contributed by atoms with van der Waals surface area (Å²) < 4.78 is 38.5. The lowest BCUT2D eigenvalue weighted by Gasteiger charge is -2.27. The minimum Gasteiger partial charge on any atom is -0.335 e. The summed E-state index contributed by atoms with van der Waals surface area (Å²) in [4.78, 5) is 11.9. The van der Waals surface area contributed by atoms with Crippen molar-refractivity contribution >= 4 is 11.7 Å². The first-order valence-electron chi connectivity index (χ1n) is 7.10. The standard InChI is InChI=1S/C15H19F3N2O/c1-10-5-4-6-11(9-10)19-14(21)20-13-8-3-2-7-12(13)15(16,17)18/h2-3,7-8,10-11H,4-6,9H2,1H3,(H2,19,20,21). The molecule has 2 amide bonds. The van der Waals surface area contributed by atoms with Gasteiger partial charge in [-0.05, 0) is 30.9 Å². The number of amides is 2. The zero-order chi connectivity index (χ0) is 15.5. The average molecular weight is 300 g/mol. The van der Waals surface area contributed by atoms with Crippen LogP contribution in [0.3, 0.4) is 0 Å². The van der Waals surface area contributed by atoms with Crippen molar-refractivity contribution in [1.82, 2.24) is 5.32 Å². The molecule has 21 heavy (non-hydrogen) atoms. The van der Waals surface area contributed by atoms with Gasteiger partial charge >= 0.3 is 12.2 Å². The van der Waals surface area contributed by atoms with Crippen LogP contribution in [0.15, 0.2) is 24.3 Å². The summed E-state index contributed by atoms with van der Waals surface area (Å²) in [5.41, 5.74) is -1.05. The van der Waals surface area contributed by atoms with E-state index in [1.807, 2.05) is 0 Å². The molecule has 2 N–H and O–H groups in total. The largest absolute Gasteiger partial charge is 0.418 e. The average Bonchev–Trinajstić information content (AvgIpc) is 2.37. The lowest BCUT2D eigenvalue weighted by molar-refractivity contribution is -0.136. The maximum atomic E-state index is 12.8. The Balaban J connectivity index is 2.00. The van der Waals surface area contributed by atoms with Gasteiger partial charge < -0.3 is 10.6 Å². The number of urea groups is 1. The number of benzene rings is 1. The molecule has 1 aromatic rings. The molecule has 1 aromatic carbocycles. The third-order valence-corrected chi connectivity index (χ3v) is 3.75. The number of carbonyl (C=O) groups excluding carboxylic acids is 1. The molecule has 0 aromatic heterocycles. The summed E-state index contributed by atoms with van der Waals surface area (Å²) in [5.74, 6) is 0.534. The fourth-order valence-electron chi connectivity index (χ4n) is 2.75. The summed E-state index contributed by atoms with van der Waals surface area (Å²) in [5, 5.41) is 5.07. The lowest BCUT2D eigenvalue weighted by atomic mass is 9.87. The molecule has 1 aliphatic rings. The number of alkyl halides is 3. The zero-order valence-electron chi connectivity index (χ0n) is 11.8. The van der Waals surface area contributed by atoms with Crippen LogP contribution in [-0.2, 0) is 6.18 Å². The van der Waals surface area contributed by atoms with E-state index in [2.05, 4.69) is 17.6 Å². The Kier molecular flexibility index (Phi) is 4.75. The van der Waals surface area contributed by atoms with Gasteiger partial charge in [-0.1, -0.05) is 31.9 Å². The van der Waals surface area contributed by atoms with Gasteiger partial charge in [0.15, 0.2) is 0 Å². The molecule has 1 aliphatic carbocycles. The van der Waals surface area contributed by atoms with Gasteiger partial charge in [-0.25, -0.2) is 4.79 Å². The van der Waals surface area contributed by atoms with Crippen molar-refractivity contribution in [2.24, 2.45) is 5.92 Å². The van der Waals surface area contributed by atoms with Crippen molar-refractivity contribution in [2.45, 2.75) is 44.8 Å². The van der Waals surface area contributed by atoms with Crippen LogP contribution in [-0.4, -0.2) is 12.1 Å². The van der Waals surface area contributed by atoms with Crippen molar-refractivity contribution in [2.75, 3.05) is 5.32 Å². The monoisotopic (exact) mass is 300 g/mol. The highest BCUT2D eigenvalue weighted by Crippen LogP contribution is 2.34. The Morgan fingerprint density at radius 3 is 2.62 bits per heavy atom. The van der Waals surface area contributed by atoms with Crippen molar-refractivity contribution in [3.05, 3.63) is 29.8 Å². The van der Waals surface area contributed by atoms with Gasteiger partial charge in [0.1, 0.15) is 0 Å². The molecule has 0 heterocycles. The Bertz CT molecular complexity index is 502. The number of hydrogen-bond acceptors (Lipinski definition) is 1. The fraction of sp³-hybridized carbons (Fsp3) is 0.533. The highest BCUT2D eigenvalue weighted by Gasteiger charge is 2.33. The van der Waals surface area contributed by atoms with E-state index in [0.29, 0.717) is 5.92 Å². The molecule has 2 rings (SSSR count). The van der Waals surface area contributed by atoms with E-state index < -0.39 is 17.8 Å².